The monoisotopic (exact) mass is 370 g/mol. The number of allylic oxidation sites excluding steroid dienone is 2. The standard InChI is InChI=1S/C24H22N2O2/c1-15-20(14-25)23(17-8-10-19(28-2)11-9-17)24-21(26-15)12-18(13-22(24)27)16-6-4-3-5-7-16/h3-11,18,20,23H,12-13H2,1-2H3/t18-,20?,23+/m0/s1. The molecule has 1 unspecified atom stereocenters. The number of hydrogen-bond donors (Lipinski definition) is 0. The van der Waals surface area contributed by atoms with Crippen molar-refractivity contribution >= 4 is 11.5 Å². The fourth-order valence-corrected chi connectivity index (χ4v) is 4.36. The fraction of sp³-hybridized carbons (Fsp3) is 0.292. The molecule has 1 heterocycles. The zero-order valence-electron chi connectivity index (χ0n) is 16.1. The molecule has 2 aliphatic rings. The van der Waals surface area contributed by atoms with E-state index in [1.54, 1.807) is 7.11 Å². The molecule has 0 saturated heterocycles. The minimum atomic E-state index is -0.427. The van der Waals surface area contributed by atoms with Gasteiger partial charge in [0.25, 0.3) is 0 Å². The molecule has 0 amide bonds. The molecule has 0 saturated carbocycles. The van der Waals surface area contributed by atoms with Gasteiger partial charge in [-0.15, -0.1) is 0 Å². The first kappa shape index (κ1) is 18.2. The zero-order chi connectivity index (χ0) is 19.7. The molecule has 4 rings (SSSR count). The summed E-state index contributed by atoms with van der Waals surface area (Å²) >= 11 is 0. The quantitative estimate of drug-likeness (QED) is 0.780. The van der Waals surface area contributed by atoms with E-state index in [0.717, 1.165) is 34.7 Å². The fourth-order valence-electron chi connectivity index (χ4n) is 4.36. The van der Waals surface area contributed by atoms with E-state index in [1.165, 1.54) is 5.56 Å². The van der Waals surface area contributed by atoms with Gasteiger partial charge in [0.1, 0.15) is 5.75 Å². The van der Waals surface area contributed by atoms with E-state index in [1.807, 2.05) is 49.4 Å². The number of methoxy groups -OCH3 is 1. The molecular weight excluding hydrogens is 348 g/mol. The van der Waals surface area contributed by atoms with Crippen molar-refractivity contribution in [3.63, 3.8) is 0 Å². The molecule has 140 valence electrons. The maximum Gasteiger partial charge on any atom is 0.161 e. The third-order valence-electron chi connectivity index (χ3n) is 5.77. The molecule has 0 aromatic heterocycles. The van der Waals surface area contributed by atoms with Gasteiger partial charge < -0.3 is 4.74 Å². The second-order valence-electron chi connectivity index (χ2n) is 7.41. The third-order valence-corrected chi connectivity index (χ3v) is 5.77. The summed E-state index contributed by atoms with van der Waals surface area (Å²) in [6, 6.07) is 20.2. The van der Waals surface area contributed by atoms with Crippen LogP contribution in [0.3, 0.4) is 0 Å². The summed E-state index contributed by atoms with van der Waals surface area (Å²) < 4.78 is 5.25. The highest BCUT2D eigenvalue weighted by Gasteiger charge is 2.41. The van der Waals surface area contributed by atoms with Gasteiger partial charge in [-0.2, -0.15) is 5.26 Å². The molecule has 4 heteroatoms. The van der Waals surface area contributed by atoms with E-state index in [4.69, 9.17) is 9.73 Å². The number of hydrogen-bond acceptors (Lipinski definition) is 4. The Hall–Kier alpha value is -3.19. The summed E-state index contributed by atoms with van der Waals surface area (Å²) in [5.41, 5.74) is 4.47. The summed E-state index contributed by atoms with van der Waals surface area (Å²) in [4.78, 5) is 17.9. The summed E-state index contributed by atoms with van der Waals surface area (Å²) in [6.07, 6.45) is 1.19. The van der Waals surface area contributed by atoms with E-state index in [2.05, 4.69) is 18.2 Å². The molecule has 2 aromatic rings. The summed E-state index contributed by atoms with van der Waals surface area (Å²) in [7, 11) is 1.62. The summed E-state index contributed by atoms with van der Waals surface area (Å²) in [5.74, 6) is 0.301. The molecule has 28 heavy (non-hydrogen) atoms. The smallest absolute Gasteiger partial charge is 0.161 e. The van der Waals surface area contributed by atoms with Crippen molar-refractivity contribution in [2.75, 3.05) is 7.11 Å². The lowest BCUT2D eigenvalue weighted by molar-refractivity contribution is -0.116. The van der Waals surface area contributed by atoms with Gasteiger partial charge in [0.05, 0.1) is 19.1 Å². The lowest BCUT2D eigenvalue weighted by atomic mass is 9.69. The van der Waals surface area contributed by atoms with Crippen LogP contribution in [0.15, 0.2) is 70.9 Å². The molecule has 4 nitrogen and oxygen atoms in total. The number of benzene rings is 2. The SMILES string of the molecule is COc1ccc([C@H]2C3=C(C[C@H](c4ccccc4)CC3=O)N=C(C)C2C#N)cc1. The zero-order valence-corrected chi connectivity index (χ0v) is 16.1. The van der Waals surface area contributed by atoms with Gasteiger partial charge in [0.15, 0.2) is 5.78 Å². The second kappa shape index (κ2) is 7.44. The number of rotatable bonds is 3. The maximum absolute atomic E-state index is 13.2. The molecule has 0 spiro atoms. The Bertz CT molecular complexity index is 997. The van der Waals surface area contributed by atoms with Crippen LogP contribution in [0.5, 0.6) is 5.75 Å². The van der Waals surface area contributed by atoms with Crippen molar-refractivity contribution in [2.45, 2.75) is 31.6 Å². The van der Waals surface area contributed by atoms with Crippen molar-refractivity contribution in [1.29, 1.82) is 5.26 Å². The normalized spacial score (nSPS) is 24.2. The lowest BCUT2D eigenvalue weighted by Gasteiger charge is -2.35. The average molecular weight is 370 g/mol. The van der Waals surface area contributed by atoms with E-state index in [0.29, 0.717) is 6.42 Å². The van der Waals surface area contributed by atoms with Crippen LogP contribution >= 0.6 is 0 Å². The van der Waals surface area contributed by atoms with Crippen LogP contribution in [0.4, 0.5) is 0 Å². The Morgan fingerprint density at radius 1 is 1.04 bits per heavy atom. The maximum atomic E-state index is 13.2. The minimum Gasteiger partial charge on any atom is -0.497 e. The Morgan fingerprint density at radius 3 is 2.39 bits per heavy atom. The highest BCUT2D eigenvalue weighted by atomic mass is 16.5. The van der Waals surface area contributed by atoms with E-state index < -0.39 is 5.92 Å². The van der Waals surface area contributed by atoms with Crippen LogP contribution in [0, 0.1) is 17.2 Å². The molecule has 0 bridgehead atoms. The van der Waals surface area contributed by atoms with E-state index in [9.17, 15) is 10.1 Å². The molecule has 3 atom stereocenters. The lowest BCUT2D eigenvalue weighted by Crippen LogP contribution is -2.32. The molecule has 0 N–H and O–H groups in total. The molecule has 0 fully saturated rings. The Balaban J connectivity index is 1.77. The number of aliphatic imine (C=N–C) groups is 1. The van der Waals surface area contributed by atoms with Crippen LogP contribution < -0.4 is 4.74 Å². The molecule has 1 aliphatic carbocycles. The van der Waals surface area contributed by atoms with Crippen LogP contribution in [-0.2, 0) is 4.79 Å². The van der Waals surface area contributed by atoms with Crippen LogP contribution in [0.1, 0.15) is 42.7 Å². The average Bonchev–Trinajstić information content (AvgIpc) is 2.73. The van der Waals surface area contributed by atoms with Gasteiger partial charge in [0, 0.05) is 29.3 Å². The molecule has 0 radical (unpaired) electrons. The number of ether oxygens (including phenoxy) is 1. The first-order valence-corrected chi connectivity index (χ1v) is 9.52. The number of Topliss-reactive ketones (excluding diaryl/α,β-unsaturated/α-hetero) is 1. The van der Waals surface area contributed by atoms with Gasteiger partial charge in [0.2, 0.25) is 0 Å². The van der Waals surface area contributed by atoms with Crippen molar-refractivity contribution in [3.8, 4) is 11.8 Å². The molecular formula is C24H22N2O2. The van der Waals surface area contributed by atoms with Crippen molar-refractivity contribution in [1.82, 2.24) is 0 Å². The number of carbonyl (C=O) groups is 1. The minimum absolute atomic E-state index is 0.104. The van der Waals surface area contributed by atoms with E-state index >= 15 is 0 Å². The van der Waals surface area contributed by atoms with Gasteiger partial charge in [-0.05, 0) is 42.5 Å². The van der Waals surface area contributed by atoms with Crippen LogP contribution in [0.25, 0.3) is 0 Å². The number of nitriles is 1. The molecule has 1 aliphatic heterocycles. The molecule has 2 aromatic carbocycles. The summed E-state index contributed by atoms with van der Waals surface area (Å²) in [5, 5.41) is 9.81. The van der Waals surface area contributed by atoms with Gasteiger partial charge in [-0.25, -0.2) is 0 Å². The number of carbonyl (C=O) groups excluding carboxylic acids is 1. The van der Waals surface area contributed by atoms with Crippen LogP contribution in [0.2, 0.25) is 0 Å². The van der Waals surface area contributed by atoms with Crippen molar-refractivity contribution < 1.29 is 9.53 Å². The first-order valence-electron chi connectivity index (χ1n) is 9.52. The third kappa shape index (κ3) is 3.14. The van der Waals surface area contributed by atoms with Crippen molar-refractivity contribution in [2.24, 2.45) is 10.9 Å². The van der Waals surface area contributed by atoms with E-state index in [-0.39, 0.29) is 17.6 Å². The van der Waals surface area contributed by atoms with Gasteiger partial charge >= 0.3 is 0 Å². The van der Waals surface area contributed by atoms with Crippen LogP contribution in [-0.4, -0.2) is 18.6 Å². The van der Waals surface area contributed by atoms with Gasteiger partial charge in [-0.3, -0.25) is 9.79 Å². The largest absolute Gasteiger partial charge is 0.497 e. The number of ketones is 1. The van der Waals surface area contributed by atoms with Gasteiger partial charge in [-0.1, -0.05) is 42.5 Å². The number of nitrogens with zero attached hydrogens (tertiary/aromatic N) is 2. The Labute approximate surface area is 165 Å². The summed E-state index contributed by atoms with van der Waals surface area (Å²) in [6.45, 7) is 1.89. The Kier molecular flexibility index (Phi) is 4.83. The van der Waals surface area contributed by atoms with Crippen molar-refractivity contribution in [3.05, 3.63) is 77.0 Å². The first-order chi connectivity index (χ1) is 13.6. The second-order valence-corrected chi connectivity index (χ2v) is 7.41. The highest BCUT2D eigenvalue weighted by molar-refractivity contribution is 6.03. The Morgan fingerprint density at radius 2 is 1.75 bits per heavy atom. The predicted octanol–water partition coefficient (Wildman–Crippen LogP) is 4.79. The topological polar surface area (TPSA) is 62.4 Å². The predicted molar refractivity (Wildman–Crippen MR) is 108 cm³/mol. The highest BCUT2D eigenvalue weighted by Crippen LogP contribution is 2.46.